The number of hydrogen-bond acceptors (Lipinski definition) is 4. The van der Waals surface area contributed by atoms with Crippen molar-refractivity contribution in [1.29, 1.82) is 0 Å². The number of carbonyl (C=O) groups excluding carboxylic acids is 1. The summed E-state index contributed by atoms with van der Waals surface area (Å²) in [5, 5.41) is 11.2. The van der Waals surface area contributed by atoms with E-state index in [1.54, 1.807) is 6.92 Å². The maximum absolute atomic E-state index is 12.2. The number of carbonyl (C=O) groups is 2. The molecule has 0 saturated heterocycles. The van der Waals surface area contributed by atoms with Gasteiger partial charge in [-0.05, 0) is 6.07 Å². The van der Waals surface area contributed by atoms with Gasteiger partial charge in [-0.1, -0.05) is 6.92 Å². The quantitative estimate of drug-likeness (QED) is 0.667. The van der Waals surface area contributed by atoms with Crippen LogP contribution in [0.15, 0.2) is 17.2 Å². The molecule has 1 aromatic rings. The van der Waals surface area contributed by atoms with Crippen LogP contribution in [0.5, 0.6) is 0 Å². The van der Waals surface area contributed by atoms with Crippen molar-refractivity contribution >= 4 is 21.9 Å². The number of H-pyrrole nitrogens is 1. The fourth-order valence-electron chi connectivity index (χ4n) is 1.64. The Kier molecular flexibility index (Phi) is 4.90. The first-order chi connectivity index (χ1) is 9.20. The van der Waals surface area contributed by atoms with Gasteiger partial charge in [0.25, 0.3) is 0 Å². The maximum atomic E-state index is 12.2. The number of amides is 1. The van der Waals surface area contributed by atoms with E-state index in [0.717, 1.165) is 16.6 Å². The van der Waals surface area contributed by atoms with Crippen molar-refractivity contribution in [2.75, 3.05) is 20.6 Å². The molecule has 8 nitrogen and oxygen atoms in total. The second kappa shape index (κ2) is 6.06. The highest BCUT2D eigenvalue weighted by atomic mass is 32.2. The fraction of sp³-hybridized carbons (Fsp3) is 0.455. The number of nitrogens with one attached hydrogen (secondary N) is 2. The number of aromatic nitrogens is 1. The molecule has 0 saturated carbocycles. The summed E-state index contributed by atoms with van der Waals surface area (Å²) < 4.78 is 25.4. The van der Waals surface area contributed by atoms with Crippen LogP contribution in [0.1, 0.15) is 17.4 Å². The Morgan fingerprint density at radius 2 is 2.10 bits per heavy atom. The van der Waals surface area contributed by atoms with Crippen LogP contribution in [-0.2, 0) is 14.8 Å². The Bertz CT molecular complexity index is 607. The summed E-state index contributed by atoms with van der Waals surface area (Å²) in [6.07, 6.45) is 1.11. The van der Waals surface area contributed by atoms with Gasteiger partial charge in [0.15, 0.2) is 0 Å². The predicted molar refractivity (Wildman–Crippen MR) is 70.8 cm³/mol. The van der Waals surface area contributed by atoms with Gasteiger partial charge in [0.1, 0.15) is 10.6 Å². The molecule has 0 aromatic carbocycles. The van der Waals surface area contributed by atoms with Gasteiger partial charge in [-0.2, -0.15) is 0 Å². The summed E-state index contributed by atoms with van der Waals surface area (Å²) in [5.41, 5.74) is -0.212. The molecule has 0 radical (unpaired) electrons. The van der Waals surface area contributed by atoms with E-state index in [1.165, 1.54) is 14.1 Å². The van der Waals surface area contributed by atoms with E-state index in [2.05, 4.69) is 10.3 Å². The molecular weight excluding hydrogens is 286 g/mol. The smallest absolute Gasteiger partial charge is 0.352 e. The minimum atomic E-state index is -3.83. The van der Waals surface area contributed by atoms with Crippen molar-refractivity contribution in [3.8, 4) is 0 Å². The van der Waals surface area contributed by atoms with E-state index in [-0.39, 0.29) is 23.0 Å². The zero-order chi connectivity index (χ0) is 15.5. The van der Waals surface area contributed by atoms with Gasteiger partial charge >= 0.3 is 5.97 Å². The molecule has 1 heterocycles. The first-order valence-electron chi connectivity index (χ1n) is 5.79. The lowest BCUT2D eigenvalue weighted by molar-refractivity contribution is -0.124. The second-order valence-corrected chi connectivity index (χ2v) is 6.40. The van der Waals surface area contributed by atoms with Crippen molar-refractivity contribution in [2.45, 2.75) is 11.8 Å². The second-order valence-electron chi connectivity index (χ2n) is 4.36. The molecule has 1 atom stereocenters. The average molecular weight is 303 g/mol. The van der Waals surface area contributed by atoms with Crippen LogP contribution in [0.3, 0.4) is 0 Å². The third-order valence-electron chi connectivity index (χ3n) is 2.82. The van der Waals surface area contributed by atoms with Gasteiger partial charge in [0.05, 0.1) is 0 Å². The Morgan fingerprint density at radius 3 is 2.55 bits per heavy atom. The number of aromatic carboxylic acids is 1. The molecule has 0 aliphatic heterocycles. The lowest BCUT2D eigenvalue weighted by Crippen LogP contribution is -2.37. The standard InChI is InChI=1S/C11H17N3O5S/c1-7(10(15)12-2)6-14(3)20(18,19)8-4-9(11(16)17)13-5-8/h4-5,7,13H,6H2,1-3H3,(H,12,15)(H,16,17). The third kappa shape index (κ3) is 3.36. The Labute approximate surface area is 116 Å². The number of nitrogens with zero attached hydrogens (tertiary/aromatic N) is 1. The van der Waals surface area contributed by atoms with Crippen molar-refractivity contribution in [3.05, 3.63) is 18.0 Å². The summed E-state index contributed by atoms with van der Waals surface area (Å²) in [7, 11) is -1.02. The zero-order valence-electron chi connectivity index (χ0n) is 11.4. The fourth-order valence-corrected chi connectivity index (χ4v) is 2.89. The zero-order valence-corrected chi connectivity index (χ0v) is 12.2. The third-order valence-corrected chi connectivity index (χ3v) is 4.62. The molecule has 0 aliphatic carbocycles. The molecule has 9 heteroatoms. The molecule has 1 unspecified atom stereocenters. The summed E-state index contributed by atoms with van der Waals surface area (Å²) in [4.78, 5) is 24.3. The van der Waals surface area contributed by atoms with E-state index < -0.39 is 21.9 Å². The molecule has 20 heavy (non-hydrogen) atoms. The molecule has 1 aromatic heterocycles. The lowest BCUT2D eigenvalue weighted by atomic mass is 10.2. The van der Waals surface area contributed by atoms with E-state index >= 15 is 0 Å². The highest BCUT2D eigenvalue weighted by molar-refractivity contribution is 7.89. The summed E-state index contributed by atoms with van der Waals surface area (Å²) in [5.74, 6) is -2.03. The Balaban J connectivity index is 2.92. The molecule has 112 valence electrons. The largest absolute Gasteiger partial charge is 0.477 e. The van der Waals surface area contributed by atoms with Gasteiger partial charge in [-0.15, -0.1) is 0 Å². The summed E-state index contributed by atoms with van der Waals surface area (Å²) in [6.45, 7) is 1.60. The number of sulfonamides is 1. The molecule has 0 aliphatic rings. The van der Waals surface area contributed by atoms with Crippen LogP contribution in [0.2, 0.25) is 0 Å². The minimum Gasteiger partial charge on any atom is -0.477 e. The summed E-state index contributed by atoms with van der Waals surface area (Å²) >= 11 is 0. The molecule has 1 rings (SSSR count). The maximum Gasteiger partial charge on any atom is 0.352 e. The van der Waals surface area contributed by atoms with E-state index in [1.807, 2.05) is 0 Å². The minimum absolute atomic E-state index is 0.00437. The molecule has 0 fully saturated rings. The van der Waals surface area contributed by atoms with Crippen LogP contribution in [-0.4, -0.2) is 55.3 Å². The van der Waals surface area contributed by atoms with Gasteiger partial charge in [-0.25, -0.2) is 17.5 Å². The van der Waals surface area contributed by atoms with Crippen LogP contribution in [0.4, 0.5) is 0 Å². The molecular formula is C11H17N3O5S. The van der Waals surface area contributed by atoms with Gasteiger partial charge in [0.2, 0.25) is 15.9 Å². The first-order valence-corrected chi connectivity index (χ1v) is 7.23. The molecule has 0 spiro atoms. The van der Waals surface area contributed by atoms with Crippen LogP contribution in [0, 0.1) is 5.92 Å². The topological polar surface area (TPSA) is 120 Å². The predicted octanol–water partition coefficient (Wildman–Crippen LogP) is -0.284. The number of carboxylic acids is 1. The van der Waals surface area contributed by atoms with Crippen LogP contribution >= 0.6 is 0 Å². The molecule has 1 amide bonds. The SMILES string of the molecule is CNC(=O)C(C)CN(C)S(=O)(=O)c1c[nH]c(C(=O)O)c1. The number of carboxylic acid groups (broad SMARTS) is 1. The molecule has 3 N–H and O–H groups in total. The Morgan fingerprint density at radius 1 is 1.50 bits per heavy atom. The van der Waals surface area contributed by atoms with Crippen LogP contribution < -0.4 is 5.32 Å². The van der Waals surface area contributed by atoms with E-state index in [9.17, 15) is 18.0 Å². The highest BCUT2D eigenvalue weighted by Crippen LogP contribution is 2.16. The monoisotopic (exact) mass is 303 g/mol. The van der Waals surface area contributed by atoms with Gasteiger partial charge < -0.3 is 15.4 Å². The van der Waals surface area contributed by atoms with Crippen molar-refractivity contribution in [2.24, 2.45) is 5.92 Å². The normalized spacial score (nSPS) is 13.2. The number of rotatable bonds is 6. The van der Waals surface area contributed by atoms with E-state index in [0.29, 0.717) is 0 Å². The van der Waals surface area contributed by atoms with Crippen molar-refractivity contribution < 1.29 is 23.1 Å². The number of aromatic amines is 1. The average Bonchev–Trinajstić information content (AvgIpc) is 2.87. The van der Waals surface area contributed by atoms with Crippen LogP contribution in [0.25, 0.3) is 0 Å². The summed E-state index contributed by atoms with van der Waals surface area (Å²) in [6, 6.07) is 1.04. The van der Waals surface area contributed by atoms with E-state index in [4.69, 9.17) is 5.11 Å². The number of hydrogen-bond donors (Lipinski definition) is 3. The highest BCUT2D eigenvalue weighted by Gasteiger charge is 2.26. The Hall–Kier alpha value is -1.87. The lowest BCUT2D eigenvalue weighted by Gasteiger charge is -2.19. The molecule has 0 bridgehead atoms. The van der Waals surface area contributed by atoms with Gasteiger partial charge in [0, 0.05) is 32.8 Å². The van der Waals surface area contributed by atoms with Crippen molar-refractivity contribution in [1.82, 2.24) is 14.6 Å². The van der Waals surface area contributed by atoms with Gasteiger partial charge in [-0.3, -0.25) is 4.79 Å². The first kappa shape index (κ1) is 16.2. The van der Waals surface area contributed by atoms with Crippen molar-refractivity contribution in [3.63, 3.8) is 0 Å².